The minimum absolute atomic E-state index is 0.0892. The van der Waals surface area contributed by atoms with Crippen LogP contribution in [0.4, 0.5) is 11.4 Å². The van der Waals surface area contributed by atoms with Gasteiger partial charge in [0.25, 0.3) is 5.91 Å². The van der Waals surface area contributed by atoms with E-state index in [4.69, 9.17) is 4.74 Å². The molecule has 5 nitrogen and oxygen atoms in total. The largest absolute Gasteiger partial charge is 0.494 e. The maximum atomic E-state index is 12.0. The SMILES string of the molecule is COc1cc(NC(=O)c2cccs2)ccc1NC(=O)C(C)C. The van der Waals surface area contributed by atoms with E-state index in [9.17, 15) is 9.59 Å². The highest BCUT2D eigenvalue weighted by molar-refractivity contribution is 7.12. The number of nitrogens with one attached hydrogen (secondary N) is 2. The van der Waals surface area contributed by atoms with Gasteiger partial charge >= 0.3 is 0 Å². The van der Waals surface area contributed by atoms with Gasteiger partial charge in [-0.25, -0.2) is 0 Å². The number of hydrogen-bond donors (Lipinski definition) is 2. The molecule has 0 fully saturated rings. The number of methoxy groups -OCH3 is 1. The first-order valence-corrected chi connectivity index (χ1v) is 7.73. The average molecular weight is 318 g/mol. The predicted octanol–water partition coefficient (Wildman–Crippen LogP) is 3.60. The lowest BCUT2D eigenvalue weighted by Gasteiger charge is -2.13. The third kappa shape index (κ3) is 3.85. The molecule has 1 aromatic carbocycles. The van der Waals surface area contributed by atoms with Crippen LogP contribution in [0.2, 0.25) is 0 Å². The van der Waals surface area contributed by atoms with Crippen molar-refractivity contribution in [1.82, 2.24) is 0 Å². The molecule has 2 rings (SSSR count). The van der Waals surface area contributed by atoms with Crippen molar-refractivity contribution in [2.75, 3.05) is 17.7 Å². The van der Waals surface area contributed by atoms with Crippen LogP contribution in [-0.2, 0) is 4.79 Å². The van der Waals surface area contributed by atoms with Gasteiger partial charge in [0.2, 0.25) is 5.91 Å². The van der Waals surface area contributed by atoms with Crippen molar-refractivity contribution in [3.63, 3.8) is 0 Å². The Kier molecular flexibility index (Phi) is 5.16. The highest BCUT2D eigenvalue weighted by Crippen LogP contribution is 2.28. The Morgan fingerprint density at radius 2 is 1.95 bits per heavy atom. The van der Waals surface area contributed by atoms with Crippen LogP contribution < -0.4 is 15.4 Å². The highest BCUT2D eigenvalue weighted by Gasteiger charge is 2.13. The smallest absolute Gasteiger partial charge is 0.265 e. The molecule has 6 heteroatoms. The monoisotopic (exact) mass is 318 g/mol. The number of hydrogen-bond acceptors (Lipinski definition) is 4. The molecular formula is C16H18N2O3S. The van der Waals surface area contributed by atoms with Gasteiger partial charge in [-0.15, -0.1) is 11.3 Å². The maximum absolute atomic E-state index is 12.0. The Morgan fingerprint density at radius 1 is 1.18 bits per heavy atom. The van der Waals surface area contributed by atoms with E-state index in [2.05, 4.69) is 10.6 Å². The van der Waals surface area contributed by atoms with Crippen molar-refractivity contribution in [3.05, 3.63) is 40.6 Å². The van der Waals surface area contributed by atoms with E-state index in [1.54, 1.807) is 24.3 Å². The lowest BCUT2D eigenvalue weighted by Crippen LogP contribution is -2.18. The van der Waals surface area contributed by atoms with Gasteiger partial charge in [0.1, 0.15) is 5.75 Å². The first kappa shape index (κ1) is 16.0. The molecule has 2 N–H and O–H groups in total. The van der Waals surface area contributed by atoms with Gasteiger partial charge in [0.15, 0.2) is 0 Å². The summed E-state index contributed by atoms with van der Waals surface area (Å²) in [5.41, 5.74) is 1.19. The van der Waals surface area contributed by atoms with Gasteiger partial charge in [0.05, 0.1) is 17.7 Å². The molecule has 0 aliphatic rings. The molecule has 1 aromatic heterocycles. The van der Waals surface area contributed by atoms with Gasteiger partial charge in [-0.1, -0.05) is 19.9 Å². The normalized spacial score (nSPS) is 10.4. The zero-order chi connectivity index (χ0) is 16.1. The second-order valence-corrected chi connectivity index (χ2v) is 5.94. The molecule has 2 amide bonds. The van der Waals surface area contributed by atoms with Crippen molar-refractivity contribution in [1.29, 1.82) is 0 Å². The molecule has 0 radical (unpaired) electrons. The summed E-state index contributed by atoms with van der Waals surface area (Å²) in [6, 6.07) is 8.70. The Balaban J connectivity index is 2.15. The maximum Gasteiger partial charge on any atom is 0.265 e. The molecular weight excluding hydrogens is 300 g/mol. The van der Waals surface area contributed by atoms with Crippen molar-refractivity contribution in [3.8, 4) is 5.75 Å². The molecule has 0 spiro atoms. The fourth-order valence-electron chi connectivity index (χ4n) is 1.75. The molecule has 0 aliphatic carbocycles. The predicted molar refractivity (Wildman–Crippen MR) is 88.7 cm³/mol. The molecule has 0 aliphatic heterocycles. The number of anilines is 2. The second kappa shape index (κ2) is 7.09. The van der Waals surface area contributed by atoms with Crippen LogP contribution in [-0.4, -0.2) is 18.9 Å². The van der Waals surface area contributed by atoms with Crippen LogP contribution in [0.3, 0.4) is 0 Å². The summed E-state index contributed by atoms with van der Waals surface area (Å²) in [7, 11) is 1.52. The fourth-order valence-corrected chi connectivity index (χ4v) is 2.37. The summed E-state index contributed by atoms with van der Waals surface area (Å²) in [5, 5.41) is 7.44. The molecule has 0 atom stereocenters. The van der Waals surface area contributed by atoms with E-state index in [0.29, 0.717) is 22.0 Å². The van der Waals surface area contributed by atoms with E-state index in [-0.39, 0.29) is 17.7 Å². The zero-order valence-corrected chi connectivity index (χ0v) is 13.5. The minimum Gasteiger partial charge on any atom is -0.494 e. The molecule has 116 valence electrons. The van der Waals surface area contributed by atoms with Crippen LogP contribution in [0.25, 0.3) is 0 Å². The van der Waals surface area contributed by atoms with Gasteiger partial charge in [-0.2, -0.15) is 0 Å². The Hall–Kier alpha value is -2.34. The Bertz CT molecular complexity index is 666. The molecule has 0 saturated heterocycles. The summed E-state index contributed by atoms with van der Waals surface area (Å²) >= 11 is 1.37. The van der Waals surface area contributed by atoms with Crippen LogP contribution in [0.5, 0.6) is 5.75 Å². The molecule has 0 unspecified atom stereocenters. The molecule has 2 aromatic rings. The van der Waals surface area contributed by atoms with E-state index in [1.807, 2.05) is 25.3 Å². The van der Waals surface area contributed by atoms with Crippen LogP contribution >= 0.6 is 11.3 Å². The van der Waals surface area contributed by atoms with Crippen LogP contribution in [0, 0.1) is 5.92 Å². The summed E-state index contributed by atoms with van der Waals surface area (Å²) < 4.78 is 5.28. The summed E-state index contributed by atoms with van der Waals surface area (Å²) in [6.45, 7) is 3.63. The topological polar surface area (TPSA) is 67.4 Å². The van der Waals surface area contributed by atoms with Gasteiger partial charge in [-0.3, -0.25) is 9.59 Å². The number of carbonyl (C=O) groups excluding carboxylic acids is 2. The fraction of sp³-hybridized carbons (Fsp3) is 0.250. The standard InChI is InChI=1S/C16H18N2O3S/c1-10(2)15(19)18-12-7-6-11(9-13(12)21-3)17-16(20)14-5-4-8-22-14/h4-10H,1-3H3,(H,17,20)(H,18,19). The van der Waals surface area contributed by atoms with E-state index >= 15 is 0 Å². The van der Waals surface area contributed by atoms with Crippen molar-refractivity contribution in [2.24, 2.45) is 5.92 Å². The number of carbonyl (C=O) groups is 2. The van der Waals surface area contributed by atoms with Crippen molar-refractivity contribution >= 4 is 34.5 Å². The molecule has 1 heterocycles. The minimum atomic E-state index is -0.170. The van der Waals surface area contributed by atoms with Crippen molar-refractivity contribution in [2.45, 2.75) is 13.8 Å². The number of amides is 2. The third-order valence-corrected chi connectivity index (χ3v) is 3.86. The quantitative estimate of drug-likeness (QED) is 0.885. The Morgan fingerprint density at radius 3 is 2.55 bits per heavy atom. The molecule has 0 bridgehead atoms. The zero-order valence-electron chi connectivity index (χ0n) is 12.7. The lowest BCUT2D eigenvalue weighted by atomic mass is 10.2. The average Bonchev–Trinajstić information content (AvgIpc) is 3.02. The summed E-state index contributed by atoms with van der Waals surface area (Å²) in [6.07, 6.45) is 0. The first-order valence-electron chi connectivity index (χ1n) is 6.85. The van der Waals surface area contributed by atoms with Crippen molar-refractivity contribution < 1.29 is 14.3 Å². The number of ether oxygens (including phenoxy) is 1. The number of thiophene rings is 1. The molecule has 22 heavy (non-hydrogen) atoms. The van der Waals surface area contributed by atoms with Crippen LogP contribution in [0.15, 0.2) is 35.7 Å². The van der Waals surface area contributed by atoms with E-state index < -0.39 is 0 Å². The summed E-state index contributed by atoms with van der Waals surface area (Å²) in [5.74, 6) is 0.116. The lowest BCUT2D eigenvalue weighted by molar-refractivity contribution is -0.118. The van der Waals surface area contributed by atoms with Crippen LogP contribution in [0.1, 0.15) is 23.5 Å². The second-order valence-electron chi connectivity index (χ2n) is 4.99. The Labute approximate surface area is 133 Å². The van der Waals surface area contributed by atoms with Gasteiger partial charge in [-0.05, 0) is 23.6 Å². The number of benzene rings is 1. The molecule has 0 saturated carbocycles. The van der Waals surface area contributed by atoms with Gasteiger partial charge < -0.3 is 15.4 Å². The highest BCUT2D eigenvalue weighted by atomic mass is 32.1. The van der Waals surface area contributed by atoms with E-state index in [1.165, 1.54) is 18.4 Å². The van der Waals surface area contributed by atoms with Gasteiger partial charge in [0, 0.05) is 17.7 Å². The first-order chi connectivity index (χ1) is 10.5. The third-order valence-electron chi connectivity index (χ3n) is 2.99. The summed E-state index contributed by atoms with van der Waals surface area (Å²) in [4.78, 5) is 24.4. The van der Waals surface area contributed by atoms with E-state index in [0.717, 1.165) is 0 Å². The number of rotatable bonds is 5.